The number of carbonyl (C=O) groups excluding carboxylic acids is 1. The molecule has 0 aliphatic heterocycles. The van der Waals surface area contributed by atoms with Gasteiger partial charge < -0.3 is 9.30 Å². The zero-order valence-electron chi connectivity index (χ0n) is 12.1. The zero-order chi connectivity index (χ0) is 14.2. The molecule has 1 heterocycles. The maximum absolute atomic E-state index is 11.7. The second-order valence-corrected chi connectivity index (χ2v) is 4.90. The van der Waals surface area contributed by atoms with E-state index in [9.17, 15) is 4.79 Å². The molecule has 0 fully saturated rings. The van der Waals surface area contributed by atoms with Crippen LogP contribution in [0.2, 0.25) is 0 Å². The van der Waals surface area contributed by atoms with Crippen LogP contribution in [0.1, 0.15) is 32.9 Å². The van der Waals surface area contributed by atoms with Crippen molar-refractivity contribution in [1.82, 2.24) is 4.57 Å². The van der Waals surface area contributed by atoms with Crippen LogP contribution in [0.5, 0.6) is 0 Å². The van der Waals surface area contributed by atoms with Gasteiger partial charge in [0, 0.05) is 17.1 Å². The lowest BCUT2D eigenvalue weighted by Crippen LogP contribution is -2.05. The SMILES string of the molecule is COC(=O)c1cc(C)n(-c2ccc(C)cc2C)c1C. The molecule has 0 unspecified atom stereocenters. The number of esters is 1. The van der Waals surface area contributed by atoms with Gasteiger partial charge in [-0.3, -0.25) is 0 Å². The third-order valence-electron chi connectivity index (χ3n) is 3.43. The lowest BCUT2D eigenvalue weighted by atomic mass is 10.1. The first-order valence-corrected chi connectivity index (χ1v) is 6.30. The van der Waals surface area contributed by atoms with Gasteiger partial charge in [-0.2, -0.15) is 0 Å². The molecule has 1 aromatic carbocycles. The highest BCUT2D eigenvalue weighted by molar-refractivity contribution is 5.91. The maximum Gasteiger partial charge on any atom is 0.339 e. The van der Waals surface area contributed by atoms with Crippen molar-refractivity contribution in [3.05, 3.63) is 52.3 Å². The molecule has 0 amide bonds. The first-order valence-electron chi connectivity index (χ1n) is 6.30. The third kappa shape index (κ3) is 2.28. The Kier molecular flexibility index (Phi) is 3.47. The highest BCUT2D eigenvalue weighted by Gasteiger charge is 2.17. The average molecular weight is 257 g/mol. The molecule has 0 bridgehead atoms. The van der Waals surface area contributed by atoms with E-state index in [1.165, 1.54) is 18.2 Å². The second kappa shape index (κ2) is 4.92. The van der Waals surface area contributed by atoms with E-state index in [-0.39, 0.29) is 5.97 Å². The second-order valence-electron chi connectivity index (χ2n) is 4.90. The van der Waals surface area contributed by atoms with Crippen molar-refractivity contribution >= 4 is 5.97 Å². The van der Waals surface area contributed by atoms with Gasteiger partial charge in [0.15, 0.2) is 0 Å². The predicted molar refractivity (Wildman–Crippen MR) is 76.1 cm³/mol. The van der Waals surface area contributed by atoms with Crippen LogP contribution in [0, 0.1) is 27.7 Å². The van der Waals surface area contributed by atoms with Crippen LogP contribution in [0.15, 0.2) is 24.3 Å². The summed E-state index contributed by atoms with van der Waals surface area (Å²) in [4.78, 5) is 11.7. The van der Waals surface area contributed by atoms with E-state index >= 15 is 0 Å². The molecule has 1 aromatic heterocycles. The molecular formula is C16H19NO2. The summed E-state index contributed by atoms with van der Waals surface area (Å²) in [5.41, 5.74) is 6.10. The Balaban J connectivity index is 2.63. The van der Waals surface area contributed by atoms with Gasteiger partial charge in [-0.15, -0.1) is 0 Å². The van der Waals surface area contributed by atoms with Crippen LogP contribution < -0.4 is 0 Å². The molecule has 0 aliphatic carbocycles. The Labute approximate surface area is 113 Å². The molecule has 0 N–H and O–H groups in total. The number of aromatic nitrogens is 1. The number of ether oxygens (including phenoxy) is 1. The summed E-state index contributed by atoms with van der Waals surface area (Å²) >= 11 is 0. The van der Waals surface area contributed by atoms with Gasteiger partial charge in [-0.25, -0.2) is 4.79 Å². The molecule has 100 valence electrons. The van der Waals surface area contributed by atoms with Crippen LogP contribution in [0.25, 0.3) is 5.69 Å². The fourth-order valence-electron chi connectivity index (χ4n) is 2.51. The Bertz CT molecular complexity index is 638. The van der Waals surface area contributed by atoms with Crippen molar-refractivity contribution in [3.63, 3.8) is 0 Å². The summed E-state index contributed by atoms with van der Waals surface area (Å²) in [6, 6.07) is 8.19. The zero-order valence-corrected chi connectivity index (χ0v) is 12.1. The van der Waals surface area contributed by atoms with Crippen molar-refractivity contribution in [2.75, 3.05) is 7.11 Å². The van der Waals surface area contributed by atoms with Gasteiger partial charge in [0.2, 0.25) is 0 Å². The number of rotatable bonds is 2. The number of methoxy groups -OCH3 is 1. The van der Waals surface area contributed by atoms with Crippen LogP contribution in [0.4, 0.5) is 0 Å². The lowest BCUT2D eigenvalue weighted by molar-refractivity contribution is 0.0600. The molecule has 19 heavy (non-hydrogen) atoms. The monoisotopic (exact) mass is 257 g/mol. The molecule has 3 heteroatoms. The Hall–Kier alpha value is -2.03. The van der Waals surface area contributed by atoms with Crippen LogP contribution >= 0.6 is 0 Å². The molecule has 0 spiro atoms. The molecule has 0 atom stereocenters. The first kappa shape index (κ1) is 13.4. The van der Waals surface area contributed by atoms with E-state index in [0.717, 1.165) is 17.1 Å². The van der Waals surface area contributed by atoms with E-state index in [4.69, 9.17) is 4.74 Å². The topological polar surface area (TPSA) is 31.2 Å². The summed E-state index contributed by atoms with van der Waals surface area (Å²) in [5.74, 6) is -0.288. The smallest absolute Gasteiger partial charge is 0.339 e. The molecule has 3 nitrogen and oxygen atoms in total. The minimum atomic E-state index is -0.288. The Morgan fingerprint density at radius 1 is 1.11 bits per heavy atom. The summed E-state index contributed by atoms with van der Waals surface area (Å²) in [7, 11) is 1.41. The summed E-state index contributed by atoms with van der Waals surface area (Å²) in [6.07, 6.45) is 0. The van der Waals surface area contributed by atoms with E-state index in [2.05, 4.69) is 36.6 Å². The van der Waals surface area contributed by atoms with Gasteiger partial charge in [-0.1, -0.05) is 17.7 Å². The van der Waals surface area contributed by atoms with Gasteiger partial charge in [0.1, 0.15) is 0 Å². The largest absolute Gasteiger partial charge is 0.465 e. The van der Waals surface area contributed by atoms with Gasteiger partial charge >= 0.3 is 5.97 Å². The van der Waals surface area contributed by atoms with E-state index in [1.807, 2.05) is 19.9 Å². The molecule has 2 rings (SSSR count). The van der Waals surface area contributed by atoms with E-state index < -0.39 is 0 Å². The Morgan fingerprint density at radius 3 is 2.37 bits per heavy atom. The van der Waals surface area contributed by atoms with E-state index in [0.29, 0.717) is 5.56 Å². The van der Waals surface area contributed by atoms with E-state index in [1.54, 1.807) is 0 Å². The van der Waals surface area contributed by atoms with Crippen molar-refractivity contribution in [2.24, 2.45) is 0 Å². The average Bonchev–Trinajstić information content (AvgIpc) is 2.65. The number of carbonyl (C=O) groups is 1. The minimum absolute atomic E-state index is 0.288. The summed E-state index contributed by atoms with van der Waals surface area (Å²) < 4.78 is 6.92. The van der Waals surface area contributed by atoms with Crippen LogP contribution in [-0.4, -0.2) is 17.6 Å². The van der Waals surface area contributed by atoms with Crippen molar-refractivity contribution in [3.8, 4) is 5.69 Å². The quantitative estimate of drug-likeness (QED) is 0.771. The Morgan fingerprint density at radius 2 is 1.79 bits per heavy atom. The first-order chi connectivity index (χ1) is 8.95. The third-order valence-corrected chi connectivity index (χ3v) is 3.43. The molecule has 0 saturated heterocycles. The number of aryl methyl sites for hydroxylation is 3. The van der Waals surface area contributed by atoms with Crippen molar-refractivity contribution < 1.29 is 9.53 Å². The number of hydrogen-bond acceptors (Lipinski definition) is 2. The molecule has 0 saturated carbocycles. The molecule has 2 aromatic rings. The molecular weight excluding hydrogens is 238 g/mol. The lowest BCUT2D eigenvalue weighted by Gasteiger charge is -2.13. The van der Waals surface area contributed by atoms with Gasteiger partial charge in [-0.05, 0) is 45.4 Å². The molecule has 0 radical (unpaired) electrons. The fourth-order valence-corrected chi connectivity index (χ4v) is 2.51. The number of hydrogen-bond donors (Lipinski definition) is 0. The standard InChI is InChI=1S/C16H19NO2/c1-10-6-7-15(11(2)8-10)17-12(3)9-14(13(17)4)16(18)19-5/h6-9H,1-5H3. The number of benzene rings is 1. The maximum atomic E-state index is 11.7. The predicted octanol–water partition coefficient (Wildman–Crippen LogP) is 3.50. The van der Waals surface area contributed by atoms with Crippen LogP contribution in [0.3, 0.4) is 0 Å². The molecule has 0 aliphatic rings. The van der Waals surface area contributed by atoms with Gasteiger partial charge in [0.05, 0.1) is 12.7 Å². The summed E-state index contributed by atoms with van der Waals surface area (Å²) in [6.45, 7) is 8.10. The number of nitrogens with zero attached hydrogens (tertiary/aromatic N) is 1. The van der Waals surface area contributed by atoms with Gasteiger partial charge in [0.25, 0.3) is 0 Å². The normalized spacial score (nSPS) is 10.6. The highest BCUT2D eigenvalue weighted by atomic mass is 16.5. The fraction of sp³-hybridized carbons (Fsp3) is 0.312. The highest BCUT2D eigenvalue weighted by Crippen LogP contribution is 2.24. The van der Waals surface area contributed by atoms with Crippen molar-refractivity contribution in [2.45, 2.75) is 27.7 Å². The summed E-state index contributed by atoms with van der Waals surface area (Å²) in [5, 5.41) is 0. The minimum Gasteiger partial charge on any atom is -0.465 e. The van der Waals surface area contributed by atoms with Crippen LogP contribution in [-0.2, 0) is 4.74 Å². The van der Waals surface area contributed by atoms with Crippen molar-refractivity contribution in [1.29, 1.82) is 0 Å².